The van der Waals surface area contributed by atoms with Crippen LogP contribution in [0.3, 0.4) is 0 Å². The van der Waals surface area contributed by atoms with Crippen molar-refractivity contribution in [3.8, 4) is 22.6 Å². The zero-order valence-corrected chi connectivity index (χ0v) is 21.4. The monoisotopic (exact) mass is 536 g/mol. The van der Waals surface area contributed by atoms with Gasteiger partial charge in [-0.2, -0.15) is 8.78 Å². The normalized spacial score (nSPS) is 17.5. The fraction of sp³-hybridized carbons (Fsp3) is 0.400. The van der Waals surface area contributed by atoms with E-state index < -0.39 is 46.0 Å². The van der Waals surface area contributed by atoms with E-state index in [1.807, 2.05) is 6.92 Å². The van der Waals surface area contributed by atoms with Crippen LogP contribution in [0, 0.1) is 47.7 Å². The number of halogens is 6. The Morgan fingerprint density at radius 1 is 0.658 bits per heavy atom. The van der Waals surface area contributed by atoms with Crippen molar-refractivity contribution in [1.82, 2.24) is 0 Å². The summed E-state index contributed by atoms with van der Waals surface area (Å²) in [5.41, 5.74) is -0.235. The second-order valence-electron chi connectivity index (χ2n) is 9.81. The van der Waals surface area contributed by atoms with Gasteiger partial charge in [-0.1, -0.05) is 25.5 Å². The topological polar surface area (TPSA) is 18.5 Å². The van der Waals surface area contributed by atoms with Gasteiger partial charge >= 0.3 is 0 Å². The molecule has 1 aliphatic rings. The molecule has 0 aliphatic heterocycles. The predicted octanol–water partition coefficient (Wildman–Crippen LogP) is 9.03. The highest BCUT2D eigenvalue weighted by Gasteiger charge is 2.27. The average molecular weight is 537 g/mol. The number of rotatable bonds is 9. The lowest BCUT2D eigenvalue weighted by atomic mass is 9.78. The third-order valence-corrected chi connectivity index (χ3v) is 7.21. The predicted molar refractivity (Wildman–Crippen MR) is 133 cm³/mol. The molecule has 8 heteroatoms. The van der Waals surface area contributed by atoms with E-state index in [9.17, 15) is 26.3 Å². The van der Waals surface area contributed by atoms with Crippen LogP contribution in [0.1, 0.15) is 62.5 Å². The summed E-state index contributed by atoms with van der Waals surface area (Å²) in [7, 11) is 0. The average Bonchev–Trinajstić information content (AvgIpc) is 2.92. The van der Waals surface area contributed by atoms with Crippen molar-refractivity contribution < 1.29 is 35.8 Å². The molecule has 4 rings (SSSR count). The summed E-state index contributed by atoms with van der Waals surface area (Å²) in [6.45, 7) is 3.76. The second-order valence-corrected chi connectivity index (χ2v) is 9.81. The Balaban J connectivity index is 1.39. The molecule has 0 N–H and O–H groups in total. The van der Waals surface area contributed by atoms with E-state index in [2.05, 4.69) is 0 Å². The number of ether oxygens (including phenoxy) is 2. The Morgan fingerprint density at radius 2 is 1.24 bits per heavy atom. The number of hydrogen-bond donors (Lipinski definition) is 0. The standard InChI is InChI=1S/C30H30F6O2/c1-3-4-15-37-23-13-11-21(27(33)29(23)35)22-12-14-24(30(36)28(22)34)38-16-18-6-8-19(9-7-18)20-10-5-17(2)25(31)26(20)32/h5,10-14,18-19H,3-4,6-9,15-16H2,1-2H3. The third kappa shape index (κ3) is 5.79. The highest BCUT2D eigenvalue weighted by atomic mass is 19.2. The Hall–Kier alpha value is -3.16. The largest absolute Gasteiger partial charge is 0.490 e. The third-order valence-electron chi connectivity index (χ3n) is 7.21. The van der Waals surface area contributed by atoms with E-state index >= 15 is 0 Å². The van der Waals surface area contributed by atoms with Crippen molar-refractivity contribution in [2.24, 2.45) is 5.92 Å². The van der Waals surface area contributed by atoms with Crippen LogP contribution in [0.5, 0.6) is 11.5 Å². The number of aryl methyl sites for hydroxylation is 1. The lowest BCUT2D eigenvalue weighted by Crippen LogP contribution is -2.20. The van der Waals surface area contributed by atoms with Crippen LogP contribution < -0.4 is 9.47 Å². The highest BCUT2D eigenvalue weighted by Crippen LogP contribution is 2.39. The summed E-state index contributed by atoms with van der Waals surface area (Å²) in [4.78, 5) is 0. The number of unbranched alkanes of at least 4 members (excludes halogenated alkanes) is 1. The lowest BCUT2D eigenvalue weighted by molar-refractivity contribution is 0.192. The summed E-state index contributed by atoms with van der Waals surface area (Å²) in [6.07, 6.45) is 4.02. The van der Waals surface area contributed by atoms with Crippen LogP contribution in [0.4, 0.5) is 26.3 Å². The summed E-state index contributed by atoms with van der Waals surface area (Å²) < 4.78 is 97.8. The molecule has 1 saturated carbocycles. The first-order valence-electron chi connectivity index (χ1n) is 12.9. The molecule has 3 aromatic rings. The van der Waals surface area contributed by atoms with Gasteiger partial charge in [0, 0.05) is 11.1 Å². The first-order chi connectivity index (χ1) is 18.2. The second kappa shape index (κ2) is 12.1. The van der Waals surface area contributed by atoms with Gasteiger partial charge in [-0.25, -0.2) is 17.6 Å². The molecular formula is C30H30F6O2. The fourth-order valence-electron chi connectivity index (χ4n) is 4.85. The molecule has 0 spiro atoms. The molecule has 0 bridgehead atoms. The van der Waals surface area contributed by atoms with Crippen molar-refractivity contribution >= 4 is 0 Å². The summed E-state index contributed by atoms with van der Waals surface area (Å²) in [6, 6.07) is 7.87. The van der Waals surface area contributed by atoms with Crippen molar-refractivity contribution in [3.05, 3.63) is 82.4 Å². The van der Waals surface area contributed by atoms with Gasteiger partial charge in [-0.3, -0.25) is 0 Å². The van der Waals surface area contributed by atoms with Crippen molar-refractivity contribution in [3.63, 3.8) is 0 Å². The van der Waals surface area contributed by atoms with Crippen LogP contribution in [-0.4, -0.2) is 13.2 Å². The molecule has 0 amide bonds. The molecule has 0 atom stereocenters. The smallest absolute Gasteiger partial charge is 0.201 e. The SMILES string of the molecule is CCCCOc1ccc(-c2ccc(OCC3CCC(c4ccc(C)c(F)c4F)CC3)c(F)c2F)c(F)c1F. The van der Waals surface area contributed by atoms with Crippen LogP contribution >= 0.6 is 0 Å². The summed E-state index contributed by atoms with van der Waals surface area (Å²) >= 11 is 0. The maximum absolute atomic E-state index is 14.9. The van der Waals surface area contributed by atoms with Crippen molar-refractivity contribution in [2.45, 2.75) is 58.3 Å². The van der Waals surface area contributed by atoms with Crippen LogP contribution in [0.15, 0.2) is 36.4 Å². The molecule has 204 valence electrons. The van der Waals surface area contributed by atoms with Crippen LogP contribution in [-0.2, 0) is 0 Å². The van der Waals surface area contributed by atoms with E-state index in [0.717, 1.165) is 18.6 Å². The molecule has 1 fully saturated rings. The van der Waals surface area contributed by atoms with E-state index in [1.54, 1.807) is 12.1 Å². The molecule has 1 aliphatic carbocycles. The van der Waals surface area contributed by atoms with E-state index in [4.69, 9.17) is 9.47 Å². The van der Waals surface area contributed by atoms with Gasteiger partial charge in [-0.05, 0) is 86.3 Å². The zero-order valence-electron chi connectivity index (χ0n) is 21.4. The Morgan fingerprint density at radius 3 is 1.82 bits per heavy atom. The first-order valence-corrected chi connectivity index (χ1v) is 12.9. The fourth-order valence-corrected chi connectivity index (χ4v) is 4.85. The number of hydrogen-bond acceptors (Lipinski definition) is 2. The van der Waals surface area contributed by atoms with E-state index in [0.29, 0.717) is 37.7 Å². The van der Waals surface area contributed by atoms with Gasteiger partial charge in [-0.15, -0.1) is 0 Å². The molecule has 38 heavy (non-hydrogen) atoms. The van der Waals surface area contributed by atoms with Crippen LogP contribution in [0.2, 0.25) is 0 Å². The molecule has 0 heterocycles. The van der Waals surface area contributed by atoms with E-state index in [1.165, 1.54) is 19.1 Å². The molecule has 2 nitrogen and oxygen atoms in total. The van der Waals surface area contributed by atoms with Gasteiger partial charge in [0.2, 0.25) is 11.6 Å². The minimum absolute atomic E-state index is 0.0264. The van der Waals surface area contributed by atoms with Crippen molar-refractivity contribution in [1.29, 1.82) is 0 Å². The number of benzene rings is 3. The van der Waals surface area contributed by atoms with Gasteiger partial charge in [0.05, 0.1) is 13.2 Å². The Labute approximate surface area is 218 Å². The summed E-state index contributed by atoms with van der Waals surface area (Å²) in [5, 5.41) is 0. The molecule has 3 aromatic carbocycles. The maximum atomic E-state index is 14.9. The molecule has 0 radical (unpaired) electrons. The minimum atomic E-state index is -1.35. The quantitative estimate of drug-likeness (QED) is 0.201. The van der Waals surface area contributed by atoms with Gasteiger partial charge in [0.15, 0.2) is 34.8 Å². The zero-order chi connectivity index (χ0) is 27.4. The van der Waals surface area contributed by atoms with Gasteiger partial charge in [0.25, 0.3) is 0 Å². The summed E-state index contributed by atoms with van der Waals surface area (Å²) in [5.74, 6) is -7.57. The van der Waals surface area contributed by atoms with E-state index in [-0.39, 0.29) is 42.1 Å². The maximum Gasteiger partial charge on any atom is 0.201 e. The molecule has 0 aromatic heterocycles. The van der Waals surface area contributed by atoms with Gasteiger partial charge < -0.3 is 9.47 Å². The molecule has 0 unspecified atom stereocenters. The van der Waals surface area contributed by atoms with Crippen molar-refractivity contribution in [2.75, 3.05) is 13.2 Å². The van der Waals surface area contributed by atoms with Crippen LogP contribution in [0.25, 0.3) is 11.1 Å². The molecular weight excluding hydrogens is 506 g/mol. The highest BCUT2D eigenvalue weighted by molar-refractivity contribution is 5.67. The first kappa shape index (κ1) is 27.9. The lowest BCUT2D eigenvalue weighted by Gasteiger charge is -2.29. The minimum Gasteiger partial charge on any atom is -0.490 e. The Kier molecular flexibility index (Phi) is 8.90. The molecule has 0 saturated heterocycles. The van der Waals surface area contributed by atoms with Gasteiger partial charge in [0.1, 0.15) is 0 Å². The Bertz CT molecular complexity index is 1280.